The Balaban J connectivity index is 1.32. The fourth-order valence-electron chi connectivity index (χ4n) is 5.61. The van der Waals surface area contributed by atoms with E-state index in [2.05, 4.69) is 68.4 Å². The van der Waals surface area contributed by atoms with Crippen molar-refractivity contribution in [3.63, 3.8) is 0 Å². The summed E-state index contributed by atoms with van der Waals surface area (Å²) in [7, 11) is 1.67. The number of benzene rings is 3. The number of pyridine rings is 1. The number of methoxy groups -OCH3 is 1. The van der Waals surface area contributed by atoms with Gasteiger partial charge in [-0.3, -0.25) is 9.78 Å². The first kappa shape index (κ1) is 28.9. The molecule has 6 aromatic rings. The number of fused-ring (bicyclic) bond motifs is 1. The quantitative estimate of drug-likeness (QED) is 0.177. The molecule has 0 saturated carbocycles. The first-order valence-electron chi connectivity index (χ1n) is 15.0. The average molecular weight is 585 g/mol. The Labute approximate surface area is 257 Å². The van der Waals surface area contributed by atoms with Crippen LogP contribution in [0.1, 0.15) is 46.2 Å². The van der Waals surface area contributed by atoms with Crippen molar-refractivity contribution in [3.8, 4) is 5.75 Å². The molecular weight excluding hydrogens is 548 g/mol. The molecule has 6 rings (SSSR count). The van der Waals surface area contributed by atoms with Gasteiger partial charge >= 0.3 is 0 Å². The number of carbonyl (C=O) groups is 1. The summed E-state index contributed by atoms with van der Waals surface area (Å²) in [6.07, 6.45) is 8.19. The van der Waals surface area contributed by atoms with Crippen LogP contribution >= 0.6 is 0 Å². The van der Waals surface area contributed by atoms with Crippen LogP contribution in [0.4, 0.5) is 0 Å². The smallest absolute Gasteiger partial charge is 0.220 e. The van der Waals surface area contributed by atoms with Crippen molar-refractivity contribution < 1.29 is 9.53 Å². The summed E-state index contributed by atoms with van der Waals surface area (Å²) in [6.45, 7) is 0.997. The number of nitrogens with zero attached hydrogens (tertiary/aromatic N) is 4. The summed E-state index contributed by atoms with van der Waals surface area (Å²) in [5.41, 5.74) is 5.53. The van der Waals surface area contributed by atoms with E-state index in [1.54, 1.807) is 19.5 Å². The van der Waals surface area contributed by atoms with Gasteiger partial charge in [-0.25, -0.2) is 0 Å². The van der Waals surface area contributed by atoms with Gasteiger partial charge in [-0.1, -0.05) is 66.7 Å². The molecule has 3 heterocycles. The van der Waals surface area contributed by atoms with Gasteiger partial charge in [0.1, 0.15) is 17.4 Å². The number of hydrogen-bond donors (Lipinski definition) is 2. The number of aryl methyl sites for hydroxylation is 3. The zero-order valence-electron chi connectivity index (χ0n) is 24.8. The molecule has 0 spiro atoms. The van der Waals surface area contributed by atoms with Crippen LogP contribution in [0, 0.1) is 0 Å². The number of rotatable bonds is 13. The lowest BCUT2D eigenvalue weighted by Gasteiger charge is -2.20. The van der Waals surface area contributed by atoms with E-state index >= 15 is 0 Å². The number of carbonyl (C=O) groups excluding carboxylic acids is 1. The van der Waals surface area contributed by atoms with Crippen LogP contribution in [0.2, 0.25) is 0 Å². The first-order valence-corrected chi connectivity index (χ1v) is 15.0. The molecule has 0 radical (unpaired) electrons. The van der Waals surface area contributed by atoms with Gasteiger partial charge in [0.25, 0.3) is 0 Å². The fourth-order valence-corrected chi connectivity index (χ4v) is 5.61. The largest absolute Gasteiger partial charge is 0.497 e. The normalized spacial score (nSPS) is 11.8. The topological polar surface area (TPSA) is 97.7 Å². The highest BCUT2D eigenvalue weighted by atomic mass is 16.5. The molecule has 3 aromatic carbocycles. The molecule has 0 aliphatic rings. The molecule has 8 heteroatoms. The Morgan fingerprint density at radius 2 is 1.66 bits per heavy atom. The number of para-hydroxylation sites is 1. The van der Waals surface area contributed by atoms with Crippen LogP contribution in [0.3, 0.4) is 0 Å². The Hall–Kier alpha value is -5.24. The lowest BCUT2D eigenvalue weighted by molar-refractivity contribution is -0.121. The number of aromatic nitrogens is 5. The number of nitrogens with one attached hydrogen (secondary N) is 2. The third kappa shape index (κ3) is 6.86. The minimum Gasteiger partial charge on any atom is -0.497 e. The van der Waals surface area contributed by atoms with Crippen molar-refractivity contribution in [2.24, 2.45) is 0 Å². The predicted octanol–water partition coefficient (Wildman–Crippen LogP) is 5.88. The summed E-state index contributed by atoms with van der Waals surface area (Å²) >= 11 is 0. The summed E-state index contributed by atoms with van der Waals surface area (Å²) < 4.78 is 7.61. The van der Waals surface area contributed by atoms with Crippen molar-refractivity contribution in [2.45, 2.75) is 38.1 Å². The van der Waals surface area contributed by atoms with E-state index in [1.165, 1.54) is 5.56 Å². The maximum Gasteiger partial charge on any atom is 0.220 e. The first-order chi connectivity index (χ1) is 21.7. The predicted molar refractivity (Wildman–Crippen MR) is 172 cm³/mol. The van der Waals surface area contributed by atoms with Gasteiger partial charge < -0.3 is 19.6 Å². The Morgan fingerprint density at radius 3 is 2.45 bits per heavy atom. The highest BCUT2D eigenvalue weighted by Gasteiger charge is 2.26. The van der Waals surface area contributed by atoms with Crippen LogP contribution in [0.15, 0.2) is 110 Å². The van der Waals surface area contributed by atoms with Gasteiger partial charge in [0, 0.05) is 48.9 Å². The van der Waals surface area contributed by atoms with Crippen molar-refractivity contribution in [3.05, 3.63) is 143 Å². The van der Waals surface area contributed by atoms with Crippen LogP contribution in [-0.4, -0.2) is 44.3 Å². The summed E-state index contributed by atoms with van der Waals surface area (Å²) in [6, 6.07) is 30.7. The zero-order chi connectivity index (χ0) is 30.1. The zero-order valence-corrected chi connectivity index (χ0v) is 24.8. The molecule has 0 aliphatic heterocycles. The second-order valence-electron chi connectivity index (χ2n) is 10.9. The molecule has 222 valence electrons. The fraction of sp³-hybridized carbons (Fsp3) is 0.222. The average Bonchev–Trinajstić information content (AvgIpc) is 3.69. The lowest BCUT2D eigenvalue weighted by Crippen LogP contribution is -2.30. The van der Waals surface area contributed by atoms with E-state index in [0.29, 0.717) is 25.9 Å². The maximum absolute atomic E-state index is 13.1. The van der Waals surface area contributed by atoms with Crippen LogP contribution in [-0.2, 0) is 30.6 Å². The van der Waals surface area contributed by atoms with E-state index < -0.39 is 0 Å². The highest BCUT2D eigenvalue weighted by Crippen LogP contribution is 2.31. The maximum atomic E-state index is 13.1. The van der Waals surface area contributed by atoms with Crippen molar-refractivity contribution >= 4 is 16.8 Å². The number of H-pyrrole nitrogens is 1. The summed E-state index contributed by atoms with van der Waals surface area (Å²) in [4.78, 5) is 20.7. The Morgan fingerprint density at radius 1 is 0.864 bits per heavy atom. The van der Waals surface area contributed by atoms with E-state index in [9.17, 15) is 4.79 Å². The number of amides is 1. The second kappa shape index (κ2) is 13.8. The minimum atomic E-state index is -0.218. The number of aromatic amines is 1. The highest BCUT2D eigenvalue weighted by molar-refractivity contribution is 5.84. The van der Waals surface area contributed by atoms with Crippen molar-refractivity contribution in [1.29, 1.82) is 0 Å². The van der Waals surface area contributed by atoms with E-state index in [4.69, 9.17) is 14.9 Å². The molecule has 1 atom stereocenters. The number of ether oxygens (including phenoxy) is 1. The molecule has 8 nitrogen and oxygen atoms in total. The van der Waals surface area contributed by atoms with Gasteiger partial charge in [0.2, 0.25) is 5.91 Å². The molecule has 44 heavy (non-hydrogen) atoms. The van der Waals surface area contributed by atoms with Crippen LogP contribution in [0.5, 0.6) is 5.75 Å². The monoisotopic (exact) mass is 584 g/mol. The van der Waals surface area contributed by atoms with Gasteiger partial charge in [0.15, 0.2) is 0 Å². The molecule has 3 aromatic heterocycles. The molecule has 0 aliphatic carbocycles. The standard InChI is InChI=1S/C36H36N6O2/c1-44-29-17-13-28(14-18-29)25-42-34(19-15-26-8-3-2-4-9-26)40-41-36(42)32(31-23-38-33-12-6-5-11-30(31)33)24-39-35(43)20-16-27-10-7-21-37-22-27/h2-14,17-18,21-23,32,38H,15-16,19-20,24-25H2,1H3,(H,39,43). The molecule has 0 saturated heterocycles. The lowest BCUT2D eigenvalue weighted by atomic mass is 9.96. The van der Waals surface area contributed by atoms with Gasteiger partial charge in [-0.15, -0.1) is 10.2 Å². The summed E-state index contributed by atoms with van der Waals surface area (Å²) in [5.74, 6) is 2.32. The van der Waals surface area contributed by atoms with E-state index in [-0.39, 0.29) is 11.8 Å². The number of hydrogen-bond acceptors (Lipinski definition) is 5. The molecule has 0 bridgehead atoms. The van der Waals surface area contributed by atoms with Gasteiger partial charge in [-0.05, 0) is 59.4 Å². The third-order valence-corrected chi connectivity index (χ3v) is 8.01. The van der Waals surface area contributed by atoms with Crippen LogP contribution in [0.25, 0.3) is 10.9 Å². The molecule has 0 fully saturated rings. The third-order valence-electron chi connectivity index (χ3n) is 8.01. The second-order valence-corrected chi connectivity index (χ2v) is 10.9. The molecule has 1 unspecified atom stereocenters. The van der Waals surface area contributed by atoms with Crippen LogP contribution < -0.4 is 10.1 Å². The van der Waals surface area contributed by atoms with E-state index in [1.807, 2.05) is 48.7 Å². The van der Waals surface area contributed by atoms with Crippen molar-refractivity contribution in [1.82, 2.24) is 30.0 Å². The van der Waals surface area contributed by atoms with Gasteiger partial charge in [-0.2, -0.15) is 0 Å². The Kier molecular flexibility index (Phi) is 9.07. The molecule has 2 N–H and O–H groups in total. The van der Waals surface area contributed by atoms with E-state index in [0.717, 1.165) is 57.8 Å². The SMILES string of the molecule is COc1ccc(Cn2c(CCc3ccccc3)nnc2C(CNC(=O)CCc2cccnc2)c2c[nH]c3ccccc23)cc1. The minimum absolute atomic E-state index is 0.00999. The van der Waals surface area contributed by atoms with Gasteiger partial charge in [0.05, 0.1) is 19.6 Å². The summed E-state index contributed by atoms with van der Waals surface area (Å²) in [5, 5.41) is 13.9. The Bertz CT molecular complexity index is 1800. The van der Waals surface area contributed by atoms with Crippen molar-refractivity contribution in [2.75, 3.05) is 13.7 Å². The molecule has 1 amide bonds. The molecular formula is C36H36N6O2.